The Kier molecular flexibility index (Phi) is 3.24. The molecule has 0 aliphatic heterocycles. The Morgan fingerprint density at radius 2 is 2.12 bits per heavy atom. The molecule has 1 N–H and O–H groups in total. The molecule has 0 aromatic carbocycles. The van der Waals surface area contributed by atoms with Gasteiger partial charge in [0.1, 0.15) is 0 Å². The van der Waals surface area contributed by atoms with E-state index in [-0.39, 0.29) is 22.6 Å². The largest absolute Gasteiger partial charge is 0.447 e. The van der Waals surface area contributed by atoms with Gasteiger partial charge in [0.25, 0.3) is 0 Å². The smallest absolute Gasteiger partial charge is 0.210 e. The standard InChI is InChI=1S/C5H5NO.Fe/c6-5-3-1-2-4-7-5;/h1-4,6H;. The van der Waals surface area contributed by atoms with E-state index in [0.717, 1.165) is 0 Å². The summed E-state index contributed by atoms with van der Waals surface area (Å²) in [5.41, 5.74) is 0.197. The summed E-state index contributed by atoms with van der Waals surface area (Å²) in [6.07, 6.45) is 1.47. The first-order valence-corrected chi connectivity index (χ1v) is 1.98. The van der Waals surface area contributed by atoms with Crippen LogP contribution in [0.15, 0.2) is 28.9 Å². The van der Waals surface area contributed by atoms with E-state index in [2.05, 4.69) is 4.42 Å². The monoisotopic (exact) mass is 151 g/mol. The molecule has 8 heavy (non-hydrogen) atoms. The van der Waals surface area contributed by atoms with Gasteiger partial charge in [-0.2, -0.15) is 0 Å². The van der Waals surface area contributed by atoms with Crippen LogP contribution in [0, 0.1) is 5.41 Å². The van der Waals surface area contributed by atoms with Crippen LogP contribution in [0.2, 0.25) is 0 Å². The average Bonchev–Trinajstić information content (AvgIpc) is 1.69. The molecule has 1 rings (SSSR count). The molecule has 0 radical (unpaired) electrons. The third-order valence-electron chi connectivity index (χ3n) is 0.632. The molecule has 3 heteroatoms. The molecule has 1 aromatic heterocycles. The molecule has 0 saturated carbocycles. The van der Waals surface area contributed by atoms with Crippen LogP contribution in [-0.4, -0.2) is 0 Å². The maximum atomic E-state index is 6.83. The van der Waals surface area contributed by atoms with Crippen molar-refractivity contribution in [2.75, 3.05) is 0 Å². The predicted molar refractivity (Wildman–Crippen MR) is 24.6 cm³/mol. The van der Waals surface area contributed by atoms with Crippen molar-refractivity contribution in [2.24, 2.45) is 0 Å². The van der Waals surface area contributed by atoms with Gasteiger partial charge in [-0.3, -0.25) is 5.41 Å². The van der Waals surface area contributed by atoms with Crippen LogP contribution in [0.5, 0.6) is 0 Å². The molecular formula is C5H5FeNO. The SMILES string of the molecule is N=c1cccco1.[Fe]. The summed E-state index contributed by atoms with van der Waals surface area (Å²) >= 11 is 0. The van der Waals surface area contributed by atoms with Crippen molar-refractivity contribution in [3.63, 3.8) is 0 Å². The zero-order chi connectivity index (χ0) is 5.11. The Balaban J connectivity index is 0.000000490. The van der Waals surface area contributed by atoms with E-state index in [0.29, 0.717) is 0 Å². The van der Waals surface area contributed by atoms with E-state index in [1.165, 1.54) is 6.26 Å². The third-order valence-corrected chi connectivity index (χ3v) is 0.632. The van der Waals surface area contributed by atoms with Crippen LogP contribution < -0.4 is 5.55 Å². The van der Waals surface area contributed by atoms with Crippen LogP contribution in [0.3, 0.4) is 0 Å². The Labute approximate surface area is 57.5 Å². The number of hydrogen-bond acceptors (Lipinski definition) is 2. The summed E-state index contributed by atoms with van der Waals surface area (Å²) in [6, 6.07) is 5.07. The molecule has 2 nitrogen and oxygen atoms in total. The van der Waals surface area contributed by atoms with Gasteiger partial charge in [-0.1, -0.05) is 6.07 Å². The molecule has 1 heterocycles. The van der Waals surface area contributed by atoms with E-state index >= 15 is 0 Å². The van der Waals surface area contributed by atoms with E-state index in [1.54, 1.807) is 18.2 Å². The minimum absolute atomic E-state index is 0. The van der Waals surface area contributed by atoms with Gasteiger partial charge in [0.2, 0.25) is 5.55 Å². The molecule has 0 amide bonds. The number of nitrogens with one attached hydrogen (secondary N) is 1. The molecule has 0 fully saturated rings. The molecule has 0 atom stereocenters. The zero-order valence-corrected chi connectivity index (χ0v) is 5.18. The number of hydrogen-bond donors (Lipinski definition) is 1. The minimum Gasteiger partial charge on any atom is -0.447 e. The van der Waals surface area contributed by atoms with Crippen molar-refractivity contribution < 1.29 is 21.5 Å². The van der Waals surface area contributed by atoms with Gasteiger partial charge >= 0.3 is 0 Å². The Bertz CT molecular complexity index is 178. The van der Waals surface area contributed by atoms with Gasteiger partial charge in [-0.25, -0.2) is 0 Å². The summed E-state index contributed by atoms with van der Waals surface area (Å²) in [4.78, 5) is 0. The second-order valence-electron chi connectivity index (χ2n) is 1.17. The van der Waals surface area contributed by atoms with Crippen molar-refractivity contribution in [1.29, 1.82) is 5.41 Å². The third kappa shape index (κ3) is 1.96. The van der Waals surface area contributed by atoms with Crippen LogP contribution >= 0.6 is 0 Å². The first-order chi connectivity index (χ1) is 3.39. The Hall–Kier alpha value is -0.531. The zero-order valence-electron chi connectivity index (χ0n) is 4.07. The van der Waals surface area contributed by atoms with Gasteiger partial charge in [0.05, 0.1) is 6.26 Å². The summed E-state index contributed by atoms with van der Waals surface area (Å²) in [5, 5.41) is 6.83. The predicted octanol–water partition coefficient (Wildman–Crippen LogP) is 0.757. The summed E-state index contributed by atoms with van der Waals surface area (Å²) in [6.45, 7) is 0. The van der Waals surface area contributed by atoms with E-state index in [4.69, 9.17) is 5.41 Å². The molecular weight excluding hydrogens is 146 g/mol. The van der Waals surface area contributed by atoms with E-state index in [1.807, 2.05) is 0 Å². The second-order valence-corrected chi connectivity index (χ2v) is 1.17. The normalized spacial score (nSPS) is 7.50. The van der Waals surface area contributed by atoms with Crippen molar-refractivity contribution in [3.05, 3.63) is 30.0 Å². The van der Waals surface area contributed by atoms with Crippen LogP contribution in [0.1, 0.15) is 0 Å². The van der Waals surface area contributed by atoms with Gasteiger partial charge in [0.15, 0.2) is 0 Å². The first-order valence-electron chi connectivity index (χ1n) is 1.98. The molecule has 44 valence electrons. The van der Waals surface area contributed by atoms with Gasteiger partial charge in [-0.05, 0) is 6.07 Å². The Morgan fingerprint density at radius 1 is 1.38 bits per heavy atom. The van der Waals surface area contributed by atoms with Crippen molar-refractivity contribution >= 4 is 0 Å². The first kappa shape index (κ1) is 7.47. The number of rotatable bonds is 0. The van der Waals surface area contributed by atoms with Gasteiger partial charge < -0.3 is 4.42 Å². The molecule has 0 unspecified atom stereocenters. The fourth-order valence-corrected chi connectivity index (χ4v) is 0.340. The van der Waals surface area contributed by atoms with Crippen LogP contribution in [0.25, 0.3) is 0 Å². The van der Waals surface area contributed by atoms with Crippen molar-refractivity contribution in [2.45, 2.75) is 0 Å². The topological polar surface area (TPSA) is 37.0 Å². The van der Waals surface area contributed by atoms with E-state index in [9.17, 15) is 0 Å². The van der Waals surface area contributed by atoms with Crippen molar-refractivity contribution in [1.82, 2.24) is 0 Å². The maximum Gasteiger partial charge on any atom is 0.210 e. The summed E-state index contributed by atoms with van der Waals surface area (Å²) in [5.74, 6) is 0. The molecule has 1 aromatic rings. The summed E-state index contributed by atoms with van der Waals surface area (Å²) < 4.78 is 4.59. The van der Waals surface area contributed by atoms with Crippen molar-refractivity contribution in [3.8, 4) is 0 Å². The molecule has 0 aliphatic carbocycles. The summed E-state index contributed by atoms with van der Waals surface area (Å²) in [7, 11) is 0. The van der Waals surface area contributed by atoms with Crippen LogP contribution in [-0.2, 0) is 17.1 Å². The van der Waals surface area contributed by atoms with E-state index < -0.39 is 0 Å². The molecule has 0 aliphatic rings. The fourth-order valence-electron chi connectivity index (χ4n) is 0.340. The maximum absolute atomic E-state index is 6.83. The second kappa shape index (κ2) is 3.47. The molecule has 0 spiro atoms. The quantitative estimate of drug-likeness (QED) is 0.546. The fraction of sp³-hybridized carbons (Fsp3) is 0. The van der Waals surface area contributed by atoms with Gasteiger partial charge in [-0.15, -0.1) is 0 Å². The molecule has 0 bridgehead atoms. The van der Waals surface area contributed by atoms with Crippen LogP contribution in [0.4, 0.5) is 0 Å². The molecule has 0 saturated heterocycles. The Morgan fingerprint density at radius 3 is 2.38 bits per heavy atom. The minimum atomic E-state index is 0. The average molecular weight is 151 g/mol. The van der Waals surface area contributed by atoms with Gasteiger partial charge in [0, 0.05) is 23.1 Å².